The zero-order valence-electron chi connectivity index (χ0n) is 9.52. The van der Waals surface area contributed by atoms with Crippen molar-refractivity contribution in [2.24, 2.45) is 0 Å². The molecule has 16 heavy (non-hydrogen) atoms. The van der Waals surface area contributed by atoms with E-state index >= 15 is 0 Å². The molecule has 4 heteroatoms. The molecule has 0 aromatic carbocycles. The lowest BCUT2D eigenvalue weighted by Gasteiger charge is -2.01. The molecule has 0 unspecified atom stereocenters. The van der Waals surface area contributed by atoms with Crippen molar-refractivity contribution in [3.63, 3.8) is 0 Å². The molecule has 1 N–H and O–H groups in total. The Hall–Kier alpha value is -1.13. The quantitative estimate of drug-likeness (QED) is 0.779. The van der Waals surface area contributed by atoms with Gasteiger partial charge < -0.3 is 5.32 Å². The summed E-state index contributed by atoms with van der Waals surface area (Å²) in [5.74, 6) is 0. The van der Waals surface area contributed by atoms with Crippen molar-refractivity contribution in [3.05, 3.63) is 40.3 Å². The summed E-state index contributed by atoms with van der Waals surface area (Å²) in [5, 5.41) is 12.0. The van der Waals surface area contributed by atoms with E-state index in [1.54, 1.807) is 11.3 Å². The Kier molecular flexibility index (Phi) is 4.13. The molecule has 2 rings (SSSR count). The van der Waals surface area contributed by atoms with E-state index in [1.165, 1.54) is 11.1 Å². The predicted molar refractivity (Wildman–Crippen MR) is 67.6 cm³/mol. The third-order valence-corrected chi connectivity index (χ3v) is 3.24. The lowest BCUT2D eigenvalue weighted by atomic mass is 10.2. The summed E-state index contributed by atoms with van der Waals surface area (Å²) in [6.45, 7) is 4.97. The van der Waals surface area contributed by atoms with Crippen LogP contribution >= 0.6 is 11.3 Å². The van der Waals surface area contributed by atoms with Crippen molar-refractivity contribution in [3.8, 4) is 0 Å². The average molecular weight is 235 g/mol. The highest BCUT2D eigenvalue weighted by Crippen LogP contribution is 2.05. The molecule has 2 aromatic rings. The largest absolute Gasteiger partial charge is 0.312 e. The fourth-order valence-electron chi connectivity index (χ4n) is 1.57. The van der Waals surface area contributed by atoms with E-state index in [2.05, 4.69) is 40.4 Å². The molecule has 0 fully saturated rings. The maximum atomic E-state index is 4.24. The summed E-state index contributed by atoms with van der Waals surface area (Å²) in [6.07, 6.45) is 5.13. The Labute approximate surface area is 100 Å². The summed E-state index contributed by atoms with van der Waals surface area (Å²) in [5.41, 5.74) is 2.67. The third-order valence-electron chi connectivity index (χ3n) is 2.51. The van der Waals surface area contributed by atoms with Crippen molar-refractivity contribution in [2.75, 3.05) is 6.54 Å². The highest BCUT2D eigenvalue weighted by molar-refractivity contribution is 7.07. The molecular weight excluding hydrogens is 218 g/mol. The smallest absolute Gasteiger partial charge is 0.0534 e. The minimum Gasteiger partial charge on any atom is -0.312 e. The molecule has 0 bridgehead atoms. The van der Waals surface area contributed by atoms with Gasteiger partial charge in [0.15, 0.2) is 0 Å². The van der Waals surface area contributed by atoms with Crippen molar-refractivity contribution < 1.29 is 0 Å². The van der Waals surface area contributed by atoms with Gasteiger partial charge in [0.2, 0.25) is 0 Å². The summed E-state index contributed by atoms with van der Waals surface area (Å²) in [7, 11) is 0. The van der Waals surface area contributed by atoms with Gasteiger partial charge in [0.1, 0.15) is 0 Å². The molecule has 2 heterocycles. The van der Waals surface area contributed by atoms with Gasteiger partial charge in [0, 0.05) is 24.8 Å². The number of thiophene rings is 1. The van der Waals surface area contributed by atoms with Crippen LogP contribution in [0.1, 0.15) is 18.1 Å². The average Bonchev–Trinajstić information content (AvgIpc) is 2.95. The predicted octanol–water partition coefficient (Wildman–Crippen LogP) is 2.30. The van der Waals surface area contributed by atoms with Gasteiger partial charge in [-0.3, -0.25) is 4.68 Å². The fraction of sp³-hybridized carbons (Fsp3) is 0.417. The summed E-state index contributed by atoms with van der Waals surface area (Å²) < 4.78 is 1.95. The Morgan fingerprint density at radius 2 is 2.38 bits per heavy atom. The highest BCUT2D eigenvalue weighted by Gasteiger charge is 1.97. The van der Waals surface area contributed by atoms with Crippen molar-refractivity contribution in [1.29, 1.82) is 0 Å². The number of nitrogens with zero attached hydrogens (tertiary/aromatic N) is 2. The van der Waals surface area contributed by atoms with Gasteiger partial charge in [-0.15, -0.1) is 0 Å². The molecule has 0 saturated heterocycles. The Morgan fingerprint density at radius 1 is 1.44 bits per heavy atom. The minimum atomic E-state index is 0.907. The molecule has 0 saturated carbocycles. The number of aromatic nitrogens is 2. The zero-order chi connectivity index (χ0) is 11.2. The minimum absolute atomic E-state index is 0.907. The van der Waals surface area contributed by atoms with Gasteiger partial charge in [-0.2, -0.15) is 16.4 Å². The highest BCUT2D eigenvalue weighted by atomic mass is 32.1. The summed E-state index contributed by atoms with van der Waals surface area (Å²) in [4.78, 5) is 0. The first-order valence-corrected chi connectivity index (χ1v) is 6.56. The van der Waals surface area contributed by atoms with Crippen LogP contribution in [0.15, 0.2) is 29.2 Å². The molecule has 0 aliphatic heterocycles. The summed E-state index contributed by atoms with van der Waals surface area (Å²) in [6, 6.07) is 2.18. The molecule has 0 aliphatic rings. The molecule has 2 aromatic heterocycles. The van der Waals surface area contributed by atoms with Crippen molar-refractivity contribution in [1.82, 2.24) is 15.1 Å². The molecule has 0 aliphatic carbocycles. The van der Waals surface area contributed by atoms with E-state index in [0.717, 1.165) is 26.1 Å². The molecule has 0 atom stereocenters. The van der Waals surface area contributed by atoms with Crippen LogP contribution in [-0.2, 0) is 19.5 Å². The third kappa shape index (κ3) is 3.18. The van der Waals surface area contributed by atoms with Crippen LogP contribution in [0.3, 0.4) is 0 Å². The normalized spacial score (nSPS) is 10.8. The monoisotopic (exact) mass is 235 g/mol. The van der Waals surface area contributed by atoms with Gasteiger partial charge in [-0.25, -0.2) is 0 Å². The first-order chi connectivity index (χ1) is 7.88. The molecule has 0 amide bonds. The second kappa shape index (κ2) is 5.82. The second-order valence-corrected chi connectivity index (χ2v) is 4.54. The van der Waals surface area contributed by atoms with Crippen LogP contribution in [0.25, 0.3) is 0 Å². The van der Waals surface area contributed by atoms with E-state index in [-0.39, 0.29) is 0 Å². The molecular formula is C12H17N3S. The SMILES string of the molecule is CCn1cc(CNCCc2ccsc2)cn1. The molecule has 0 radical (unpaired) electrons. The lowest BCUT2D eigenvalue weighted by Crippen LogP contribution is -2.16. The zero-order valence-corrected chi connectivity index (χ0v) is 10.3. The van der Waals surface area contributed by atoms with Gasteiger partial charge in [0.25, 0.3) is 0 Å². The summed E-state index contributed by atoms with van der Waals surface area (Å²) >= 11 is 1.76. The maximum absolute atomic E-state index is 4.24. The Balaban J connectivity index is 1.68. The first-order valence-electron chi connectivity index (χ1n) is 5.61. The van der Waals surface area contributed by atoms with E-state index in [9.17, 15) is 0 Å². The standard InChI is InChI=1S/C12H17N3S/c1-2-15-9-12(8-14-15)7-13-5-3-11-4-6-16-10-11/h4,6,8-10,13H,2-3,5,7H2,1H3. The number of hydrogen-bond acceptors (Lipinski definition) is 3. The number of rotatable bonds is 6. The van der Waals surface area contributed by atoms with Crippen LogP contribution in [0, 0.1) is 0 Å². The van der Waals surface area contributed by atoms with Crippen LogP contribution in [-0.4, -0.2) is 16.3 Å². The number of aryl methyl sites for hydroxylation is 1. The number of hydrogen-bond donors (Lipinski definition) is 1. The van der Waals surface area contributed by atoms with E-state index in [1.807, 2.05) is 10.9 Å². The van der Waals surface area contributed by atoms with Crippen LogP contribution in [0.2, 0.25) is 0 Å². The first kappa shape index (κ1) is 11.4. The molecule has 0 spiro atoms. The van der Waals surface area contributed by atoms with Gasteiger partial charge in [-0.1, -0.05) is 0 Å². The van der Waals surface area contributed by atoms with E-state index < -0.39 is 0 Å². The van der Waals surface area contributed by atoms with Crippen LogP contribution in [0.4, 0.5) is 0 Å². The fourth-order valence-corrected chi connectivity index (χ4v) is 2.27. The van der Waals surface area contributed by atoms with Gasteiger partial charge >= 0.3 is 0 Å². The Morgan fingerprint density at radius 3 is 3.06 bits per heavy atom. The van der Waals surface area contributed by atoms with Crippen molar-refractivity contribution in [2.45, 2.75) is 26.4 Å². The lowest BCUT2D eigenvalue weighted by molar-refractivity contribution is 0.655. The molecule has 86 valence electrons. The van der Waals surface area contributed by atoms with Crippen LogP contribution < -0.4 is 5.32 Å². The second-order valence-electron chi connectivity index (χ2n) is 3.76. The van der Waals surface area contributed by atoms with E-state index in [0.29, 0.717) is 0 Å². The number of nitrogens with one attached hydrogen (secondary N) is 1. The van der Waals surface area contributed by atoms with Crippen LogP contribution in [0.5, 0.6) is 0 Å². The topological polar surface area (TPSA) is 29.9 Å². The maximum Gasteiger partial charge on any atom is 0.0534 e. The Bertz CT molecular complexity index is 406. The van der Waals surface area contributed by atoms with Gasteiger partial charge in [0.05, 0.1) is 6.20 Å². The van der Waals surface area contributed by atoms with Gasteiger partial charge in [-0.05, 0) is 42.3 Å². The van der Waals surface area contributed by atoms with E-state index in [4.69, 9.17) is 0 Å². The molecule has 3 nitrogen and oxygen atoms in total. The van der Waals surface area contributed by atoms with Crippen molar-refractivity contribution >= 4 is 11.3 Å².